The van der Waals surface area contributed by atoms with Crippen molar-refractivity contribution in [1.82, 2.24) is 15.2 Å². The van der Waals surface area contributed by atoms with Gasteiger partial charge in [0.1, 0.15) is 0 Å². The van der Waals surface area contributed by atoms with Gasteiger partial charge in [-0.05, 0) is 99.2 Å². The van der Waals surface area contributed by atoms with Gasteiger partial charge in [-0.15, -0.1) is 0 Å². The molecule has 0 spiro atoms. The van der Waals surface area contributed by atoms with Crippen LogP contribution in [-0.4, -0.2) is 34.2 Å². The number of hydrogen-bond acceptors (Lipinski definition) is 4. The predicted octanol–water partition coefficient (Wildman–Crippen LogP) is 6.79. The van der Waals surface area contributed by atoms with Gasteiger partial charge in [0, 0.05) is 47.3 Å². The molecule has 1 saturated carbocycles. The first kappa shape index (κ1) is 24.3. The normalized spacial score (nSPS) is 24.8. The molecule has 2 aliphatic heterocycles. The number of carbonyl (C=O) groups excluding carboxylic acids is 2. The van der Waals surface area contributed by atoms with Crippen molar-refractivity contribution in [3.8, 4) is 0 Å². The van der Waals surface area contributed by atoms with Crippen LogP contribution in [0.15, 0.2) is 54.7 Å². The Morgan fingerprint density at radius 3 is 2.57 bits per heavy atom. The number of nitrogens with one attached hydrogen (secondary N) is 1. The summed E-state index contributed by atoms with van der Waals surface area (Å²) in [5.41, 5.74) is 5.35. The minimum absolute atomic E-state index is 0.0187. The Morgan fingerprint density at radius 1 is 0.946 bits per heavy atom. The molecule has 0 unspecified atom stereocenters. The number of benzene rings is 2. The van der Waals surface area contributed by atoms with Crippen LogP contribution in [0.2, 0.25) is 0 Å². The molecule has 192 valence electrons. The second-order valence-electron chi connectivity index (χ2n) is 11.2. The van der Waals surface area contributed by atoms with E-state index in [1.165, 1.54) is 43.2 Å². The highest BCUT2D eigenvalue weighted by Crippen LogP contribution is 2.53. The third kappa shape index (κ3) is 4.70. The number of Topliss-reactive ketones (excluding diaryl/α,β-unsaturated/α-hetero) is 1. The van der Waals surface area contributed by atoms with Crippen molar-refractivity contribution in [3.63, 3.8) is 0 Å². The molecule has 1 amide bonds. The Hall–Kier alpha value is -3.05. The summed E-state index contributed by atoms with van der Waals surface area (Å²) >= 11 is 0. The van der Waals surface area contributed by atoms with E-state index in [1.807, 2.05) is 30.3 Å². The minimum atomic E-state index is 0.0187. The zero-order valence-electron chi connectivity index (χ0n) is 21.8. The smallest absolute Gasteiger partial charge is 0.252 e. The summed E-state index contributed by atoms with van der Waals surface area (Å²) in [4.78, 5) is 32.6. The van der Waals surface area contributed by atoms with Crippen molar-refractivity contribution < 1.29 is 9.59 Å². The summed E-state index contributed by atoms with van der Waals surface area (Å²) in [5, 5.41) is 4.22. The summed E-state index contributed by atoms with van der Waals surface area (Å²) in [6.45, 7) is 3.20. The van der Waals surface area contributed by atoms with Crippen LogP contribution in [0.5, 0.6) is 0 Å². The second kappa shape index (κ2) is 10.4. The van der Waals surface area contributed by atoms with Gasteiger partial charge in [-0.3, -0.25) is 19.5 Å². The van der Waals surface area contributed by atoms with Crippen molar-refractivity contribution >= 4 is 22.6 Å². The van der Waals surface area contributed by atoms with Crippen LogP contribution in [0.3, 0.4) is 0 Å². The van der Waals surface area contributed by atoms with Crippen LogP contribution >= 0.6 is 0 Å². The molecule has 1 aliphatic carbocycles. The Labute approximate surface area is 219 Å². The standard InChI is InChI=1S/C32H37N3O2/c1-2-5-31(36)22-11-14-25-27(20-22)30-16-15-29(25)35(30)19-17-21-9-12-23(13-10-21)34-32(37)26-6-3-8-28-24(26)7-4-18-33-28/h3-4,6-8,11,14,18,20-21,23,29-30H,2,5,9-10,12-13,15-17,19H2,1H3,(H,34,37)/t21-,23-,29-,30+/m0/s1. The zero-order valence-corrected chi connectivity index (χ0v) is 21.8. The Balaban J connectivity index is 1.02. The van der Waals surface area contributed by atoms with Crippen LogP contribution in [0, 0.1) is 5.92 Å². The van der Waals surface area contributed by atoms with E-state index in [9.17, 15) is 9.59 Å². The SMILES string of the molecule is CCCC(=O)c1ccc2c(c1)[C@H]1CC[C@@H]2N1CC[C@H]1CC[C@H](NC(=O)c2cccc3ncccc23)CC1. The molecule has 0 radical (unpaired) electrons. The Kier molecular flexibility index (Phi) is 6.81. The number of pyridine rings is 1. The molecule has 1 aromatic heterocycles. The molecule has 3 aliphatic rings. The number of fused-ring (bicyclic) bond motifs is 6. The van der Waals surface area contributed by atoms with Gasteiger partial charge in [0.15, 0.2) is 5.78 Å². The van der Waals surface area contributed by atoms with E-state index >= 15 is 0 Å². The molecule has 2 fully saturated rings. The van der Waals surface area contributed by atoms with Crippen LogP contribution < -0.4 is 5.32 Å². The van der Waals surface area contributed by atoms with Gasteiger partial charge in [-0.25, -0.2) is 0 Å². The lowest BCUT2D eigenvalue weighted by molar-refractivity contribution is 0.0919. The molecule has 2 atom stereocenters. The summed E-state index contributed by atoms with van der Waals surface area (Å²) in [6.07, 6.45) is 11.4. The minimum Gasteiger partial charge on any atom is -0.349 e. The van der Waals surface area contributed by atoms with E-state index < -0.39 is 0 Å². The first-order valence-electron chi connectivity index (χ1n) is 14.2. The topological polar surface area (TPSA) is 62.3 Å². The number of amides is 1. The largest absolute Gasteiger partial charge is 0.349 e. The van der Waals surface area contributed by atoms with Gasteiger partial charge in [0.05, 0.1) is 5.52 Å². The van der Waals surface area contributed by atoms with Gasteiger partial charge >= 0.3 is 0 Å². The maximum atomic E-state index is 13.0. The third-order valence-electron chi connectivity index (χ3n) is 8.99. The highest BCUT2D eigenvalue weighted by molar-refractivity contribution is 6.06. The van der Waals surface area contributed by atoms with E-state index in [2.05, 4.69) is 40.3 Å². The highest BCUT2D eigenvalue weighted by Gasteiger charge is 2.43. The molecule has 3 heterocycles. The molecule has 3 aromatic rings. The second-order valence-corrected chi connectivity index (χ2v) is 11.2. The predicted molar refractivity (Wildman–Crippen MR) is 147 cm³/mol. The summed E-state index contributed by atoms with van der Waals surface area (Å²) in [6, 6.07) is 17.4. The molecule has 6 rings (SSSR count). The summed E-state index contributed by atoms with van der Waals surface area (Å²) in [7, 11) is 0. The van der Waals surface area contributed by atoms with Crippen LogP contribution in [0.4, 0.5) is 0 Å². The maximum absolute atomic E-state index is 13.0. The first-order chi connectivity index (χ1) is 18.1. The van der Waals surface area contributed by atoms with Crippen molar-refractivity contribution in [2.45, 2.75) is 82.8 Å². The number of ketones is 1. The lowest BCUT2D eigenvalue weighted by atomic mass is 9.84. The molecule has 37 heavy (non-hydrogen) atoms. The molecule has 1 saturated heterocycles. The van der Waals surface area contributed by atoms with Crippen LogP contribution in [-0.2, 0) is 0 Å². The zero-order chi connectivity index (χ0) is 25.4. The maximum Gasteiger partial charge on any atom is 0.252 e. The van der Waals surface area contributed by atoms with E-state index in [4.69, 9.17) is 0 Å². The number of nitrogens with zero attached hydrogens (tertiary/aromatic N) is 2. The third-order valence-corrected chi connectivity index (χ3v) is 8.99. The number of carbonyl (C=O) groups is 2. The molecule has 5 heteroatoms. The fourth-order valence-electron chi connectivity index (χ4n) is 7.05. The van der Waals surface area contributed by atoms with Crippen LogP contribution in [0.1, 0.15) is 109 Å². The van der Waals surface area contributed by atoms with Gasteiger partial charge in [-0.2, -0.15) is 0 Å². The Bertz CT molecular complexity index is 1310. The number of aromatic nitrogens is 1. The Morgan fingerprint density at radius 2 is 1.76 bits per heavy atom. The lowest BCUT2D eigenvalue weighted by Gasteiger charge is -2.31. The molecule has 2 aromatic carbocycles. The van der Waals surface area contributed by atoms with E-state index in [0.29, 0.717) is 18.5 Å². The molecule has 1 N–H and O–H groups in total. The summed E-state index contributed by atoms with van der Waals surface area (Å²) in [5.74, 6) is 1.02. The van der Waals surface area contributed by atoms with E-state index in [1.54, 1.807) is 6.20 Å². The van der Waals surface area contributed by atoms with Crippen molar-refractivity contribution in [2.75, 3.05) is 6.54 Å². The molecule has 5 nitrogen and oxygen atoms in total. The van der Waals surface area contributed by atoms with Crippen molar-refractivity contribution in [1.29, 1.82) is 0 Å². The van der Waals surface area contributed by atoms with Crippen molar-refractivity contribution in [2.24, 2.45) is 5.92 Å². The first-order valence-corrected chi connectivity index (χ1v) is 14.2. The average Bonchev–Trinajstić information content (AvgIpc) is 3.48. The molecular weight excluding hydrogens is 458 g/mol. The summed E-state index contributed by atoms with van der Waals surface area (Å²) < 4.78 is 0. The highest BCUT2D eigenvalue weighted by atomic mass is 16.1. The fourth-order valence-corrected chi connectivity index (χ4v) is 7.05. The van der Waals surface area contributed by atoms with Crippen molar-refractivity contribution in [3.05, 3.63) is 77.0 Å². The monoisotopic (exact) mass is 495 g/mol. The van der Waals surface area contributed by atoms with Gasteiger partial charge in [0.25, 0.3) is 5.91 Å². The molecule has 2 bridgehead atoms. The number of hydrogen-bond donors (Lipinski definition) is 1. The van der Waals surface area contributed by atoms with E-state index in [0.717, 1.165) is 53.8 Å². The van der Waals surface area contributed by atoms with Gasteiger partial charge in [-0.1, -0.05) is 31.2 Å². The van der Waals surface area contributed by atoms with Crippen LogP contribution in [0.25, 0.3) is 10.9 Å². The van der Waals surface area contributed by atoms with Gasteiger partial charge in [0.2, 0.25) is 0 Å². The van der Waals surface area contributed by atoms with Gasteiger partial charge < -0.3 is 5.32 Å². The fraction of sp³-hybridized carbons (Fsp3) is 0.469. The lowest BCUT2D eigenvalue weighted by Crippen LogP contribution is -2.38. The number of rotatable bonds is 8. The quantitative estimate of drug-likeness (QED) is 0.350. The average molecular weight is 496 g/mol. The van der Waals surface area contributed by atoms with E-state index in [-0.39, 0.29) is 17.7 Å². The molecular formula is C32H37N3O2.